The van der Waals surface area contributed by atoms with Crippen molar-refractivity contribution in [3.05, 3.63) is 48.6 Å². The maximum Gasteiger partial charge on any atom is 0.0852 e. The predicted octanol–water partition coefficient (Wildman–Crippen LogP) is 3.31. The van der Waals surface area contributed by atoms with Crippen molar-refractivity contribution in [1.82, 2.24) is 0 Å². The van der Waals surface area contributed by atoms with Crippen molar-refractivity contribution in [1.29, 1.82) is 0 Å². The Hall–Kier alpha value is -0.600. The average molecular weight is 255 g/mol. The predicted molar refractivity (Wildman–Crippen MR) is 63.5 cm³/mol. The van der Waals surface area contributed by atoms with Gasteiger partial charge in [0.1, 0.15) is 0 Å². The van der Waals surface area contributed by atoms with Gasteiger partial charge in [-0.05, 0) is 12.0 Å². The first kappa shape index (κ1) is 11.5. The molecule has 0 saturated heterocycles. The molecule has 1 rings (SSSR count). The van der Waals surface area contributed by atoms with Crippen molar-refractivity contribution in [2.24, 2.45) is 5.92 Å². The van der Waals surface area contributed by atoms with Crippen molar-refractivity contribution >= 4 is 15.9 Å². The summed E-state index contributed by atoms with van der Waals surface area (Å²) in [5.74, 6) is 0.122. The third-order valence-corrected chi connectivity index (χ3v) is 2.75. The molecule has 0 saturated carbocycles. The van der Waals surface area contributed by atoms with Gasteiger partial charge in [0.15, 0.2) is 0 Å². The van der Waals surface area contributed by atoms with Gasteiger partial charge in [-0.3, -0.25) is 0 Å². The summed E-state index contributed by atoms with van der Waals surface area (Å²) < 4.78 is 0. The summed E-state index contributed by atoms with van der Waals surface area (Å²) in [6, 6.07) is 9.70. The highest BCUT2D eigenvalue weighted by atomic mass is 79.9. The first-order valence-corrected chi connectivity index (χ1v) is 5.83. The quantitative estimate of drug-likeness (QED) is 0.632. The van der Waals surface area contributed by atoms with Gasteiger partial charge in [-0.15, -0.1) is 6.58 Å². The molecule has 0 spiro atoms. The summed E-state index contributed by atoms with van der Waals surface area (Å²) in [6.45, 7) is 3.75. The molecule has 2 atom stereocenters. The van der Waals surface area contributed by atoms with Crippen LogP contribution in [0.4, 0.5) is 0 Å². The normalized spacial score (nSPS) is 14.7. The molecular weight excluding hydrogens is 240 g/mol. The fourth-order valence-corrected chi connectivity index (χ4v) is 1.96. The smallest absolute Gasteiger partial charge is 0.0852 e. The maximum absolute atomic E-state index is 10.0. The molecule has 76 valence electrons. The molecule has 0 amide bonds. The van der Waals surface area contributed by atoms with Crippen LogP contribution in [0.5, 0.6) is 0 Å². The summed E-state index contributed by atoms with van der Waals surface area (Å²) in [4.78, 5) is 0. The number of hydrogen-bond donors (Lipinski definition) is 1. The molecule has 1 aromatic rings. The number of aliphatic hydroxyl groups excluding tert-OH is 1. The van der Waals surface area contributed by atoms with Crippen LogP contribution in [0.25, 0.3) is 0 Å². The largest absolute Gasteiger partial charge is 0.388 e. The van der Waals surface area contributed by atoms with Gasteiger partial charge in [-0.1, -0.05) is 52.3 Å². The van der Waals surface area contributed by atoms with E-state index in [-0.39, 0.29) is 5.92 Å². The van der Waals surface area contributed by atoms with Crippen molar-refractivity contribution < 1.29 is 5.11 Å². The summed E-state index contributed by atoms with van der Waals surface area (Å²) in [5.41, 5.74) is 0.957. The Bertz CT molecular complexity index is 271. The molecule has 0 aromatic heterocycles. The molecule has 0 radical (unpaired) electrons. The Labute approximate surface area is 93.6 Å². The average Bonchev–Trinajstić information content (AvgIpc) is 2.26. The van der Waals surface area contributed by atoms with Crippen LogP contribution in [-0.4, -0.2) is 10.4 Å². The minimum absolute atomic E-state index is 0.122. The lowest BCUT2D eigenvalue weighted by molar-refractivity contribution is 0.130. The van der Waals surface area contributed by atoms with Crippen LogP contribution < -0.4 is 0 Å². The maximum atomic E-state index is 10.0. The molecular formula is C12H15BrO. The Morgan fingerprint density at radius 2 is 2.00 bits per heavy atom. The molecule has 1 aromatic carbocycles. The molecule has 0 aliphatic rings. The van der Waals surface area contributed by atoms with Gasteiger partial charge in [-0.2, -0.15) is 0 Å². The van der Waals surface area contributed by atoms with Crippen LogP contribution >= 0.6 is 15.9 Å². The van der Waals surface area contributed by atoms with Crippen LogP contribution in [0, 0.1) is 5.92 Å². The zero-order valence-corrected chi connectivity index (χ0v) is 9.65. The van der Waals surface area contributed by atoms with Crippen LogP contribution in [0.3, 0.4) is 0 Å². The van der Waals surface area contributed by atoms with E-state index in [0.29, 0.717) is 0 Å². The van der Waals surface area contributed by atoms with E-state index >= 15 is 0 Å². The number of halogens is 1. The van der Waals surface area contributed by atoms with E-state index in [1.165, 1.54) is 0 Å². The lowest BCUT2D eigenvalue weighted by atomic mass is 9.94. The van der Waals surface area contributed by atoms with E-state index in [9.17, 15) is 5.11 Å². The second kappa shape index (κ2) is 5.99. The van der Waals surface area contributed by atoms with Gasteiger partial charge >= 0.3 is 0 Å². The Morgan fingerprint density at radius 1 is 1.36 bits per heavy atom. The van der Waals surface area contributed by atoms with E-state index in [2.05, 4.69) is 22.5 Å². The van der Waals surface area contributed by atoms with Gasteiger partial charge in [0.2, 0.25) is 0 Å². The van der Waals surface area contributed by atoms with Crippen molar-refractivity contribution in [3.8, 4) is 0 Å². The van der Waals surface area contributed by atoms with Gasteiger partial charge < -0.3 is 5.11 Å². The molecule has 0 aliphatic carbocycles. The minimum atomic E-state index is -0.439. The molecule has 0 bridgehead atoms. The number of rotatable bonds is 5. The molecule has 0 unspecified atom stereocenters. The lowest BCUT2D eigenvalue weighted by Gasteiger charge is -2.18. The molecule has 2 heteroatoms. The highest BCUT2D eigenvalue weighted by Gasteiger charge is 2.16. The number of hydrogen-bond acceptors (Lipinski definition) is 1. The fraction of sp³-hybridized carbons (Fsp3) is 0.333. The molecule has 0 fully saturated rings. The second-order valence-electron chi connectivity index (χ2n) is 3.23. The van der Waals surface area contributed by atoms with Gasteiger partial charge in [0.05, 0.1) is 6.10 Å². The zero-order chi connectivity index (χ0) is 10.4. The molecule has 0 heterocycles. The van der Waals surface area contributed by atoms with Crippen LogP contribution in [-0.2, 0) is 0 Å². The van der Waals surface area contributed by atoms with E-state index in [1.807, 2.05) is 36.4 Å². The summed E-state index contributed by atoms with van der Waals surface area (Å²) in [7, 11) is 0. The first-order valence-electron chi connectivity index (χ1n) is 4.71. The number of benzene rings is 1. The summed E-state index contributed by atoms with van der Waals surface area (Å²) in [5, 5.41) is 10.9. The highest BCUT2D eigenvalue weighted by Crippen LogP contribution is 2.25. The van der Waals surface area contributed by atoms with Crippen LogP contribution in [0.1, 0.15) is 18.1 Å². The summed E-state index contributed by atoms with van der Waals surface area (Å²) in [6.07, 6.45) is 2.28. The topological polar surface area (TPSA) is 20.2 Å². The Morgan fingerprint density at radius 3 is 2.50 bits per heavy atom. The number of aliphatic hydroxyl groups is 1. The Balaban J connectivity index is 2.72. The first-order chi connectivity index (χ1) is 6.79. The third kappa shape index (κ3) is 2.96. The van der Waals surface area contributed by atoms with Gasteiger partial charge in [0, 0.05) is 11.2 Å². The second-order valence-corrected chi connectivity index (χ2v) is 4.03. The lowest BCUT2D eigenvalue weighted by Crippen LogP contribution is -2.10. The van der Waals surface area contributed by atoms with Gasteiger partial charge in [0.25, 0.3) is 0 Å². The Kier molecular flexibility index (Phi) is 4.91. The third-order valence-electron chi connectivity index (χ3n) is 2.29. The standard InChI is InChI=1S/C12H15BrO/c1-2-10(8-9-13)12(14)11-6-4-3-5-7-11/h2-7,10,12,14H,1,8-9H2/t10-,12-/m1/s1. The molecule has 14 heavy (non-hydrogen) atoms. The SMILES string of the molecule is C=C[C@H](CCBr)[C@@H](O)c1ccccc1. The molecule has 1 N–H and O–H groups in total. The van der Waals surface area contributed by atoms with Crippen LogP contribution in [0.15, 0.2) is 43.0 Å². The van der Waals surface area contributed by atoms with Crippen molar-refractivity contribution in [2.45, 2.75) is 12.5 Å². The van der Waals surface area contributed by atoms with Crippen LogP contribution in [0.2, 0.25) is 0 Å². The van der Waals surface area contributed by atoms with Crippen molar-refractivity contribution in [3.63, 3.8) is 0 Å². The van der Waals surface area contributed by atoms with Crippen molar-refractivity contribution in [2.75, 3.05) is 5.33 Å². The zero-order valence-electron chi connectivity index (χ0n) is 8.07. The summed E-state index contributed by atoms with van der Waals surface area (Å²) >= 11 is 3.37. The molecule has 0 aliphatic heterocycles. The van der Waals surface area contributed by atoms with E-state index in [0.717, 1.165) is 17.3 Å². The highest BCUT2D eigenvalue weighted by molar-refractivity contribution is 9.09. The fourth-order valence-electron chi connectivity index (χ4n) is 1.43. The number of alkyl halides is 1. The van der Waals surface area contributed by atoms with Gasteiger partial charge in [-0.25, -0.2) is 0 Å². The molecule has 1 nitrogen and oxygen atoms in total. The minimum Gasteiger partial charge on any atom is -0.388 e. The van der Waals surface area contributed by atoms with E-state index in [4.69, 9.17) is 0 Å². The van der Waals surface area contributed by atoms with E-state index < -0.39 is 6.10 Å². The van der Waals surface area contributed by atoms with E-state index in [1.54, 1.807) is 0 Å². The monoisotopic (exact) mass is 254 g/mol.